The zero-order chi connectivity index (χ0) is 15.0. The van der Waals surface area contributed by atoms with Gasteiger partial charge in [-0.05, 0) is 36.6 Å². The third-order valence-electron chi connectivity index (χ3n) is 3.67. The molecule has 0 aliphatic heterocycles. The highest BCUT2D eigenvalue weighted by molar-refractivity contribution is 5.53. The van der Waals surface area contributed by atoms with Gasteiger partial charge in [0.25, 0.3) is 0 Å². The van der Waals surface area contributed by atoms with Crippen LogP contribution in [0, 0.1) is 0 Å². The molecule has 0 N–H and O–H groups in total. The molecule has 1 aromatic rings. The van der Waals surface area contributed by atoms with Crippen LogP contribution < -0.4 is 0 Å². The van der Waals surface area contributed by atoms with Crippen LogP contribution in [0.4, 0.5) is 0 Å². The average molecular weight is 271 g/mol. The second-order valence-electron chi connectivity index (χ2n) is 5.05. The van der Waals surface area contributed by atoms with Crippen LogP contribution in [0.1, 0.15) is 36.5 Å². The number of hydrogen-bond donors (Lipinski definition) is 0. The molecule has 0 spiro atoms. The molecule has 0 aliphatic rings. The summed E-state index contributed by atoms with van der Waals surface area (Å²) in [6.45, 7) is 10.8. The highest BCUT2D eigenvalue weighted by atomic mass is 16.1. The number of hydrogen-bond acceptors (Lipinski definition) is 2. The van der Waals surface area contributed by atoms with Crippen molar-refractivity contribution in [1.29, 1.82) is 0 Å². The molecule has 1 atom stereocenters. The van der Waals surface area contributed by atoms with Crippen molar-refractivity contribution in [2.45, 2.75) is 38.8 Å². The highest BCUT2D eigenvalue weighted by Gasteiger charge is 2.12. The zero-order valence-corrected chi connectivity index (χ0v) is 12.6. The first-order valence-corrected chi connectivity index (χ1v) is 7.16. The lowest BCUT2D eigenvalue weighted by molar-refractivity contribution is -0.108. The number of benzene rings is 1. The standard InChI is InChI=1S/C18H25NO/c1-5-15-10-11-16(6-2)17(13-15)14-19(4)18(7-3)9-8-12-20/h6-7,10-13,18H,2-3,5,8-9,14H2,1,4H3. The Morgan fingerprint density at radius 1 is 1.35 bits per heavy atom. The lowest BCUT2D eigenvalue weighted by Crippen LogP contribution is -2.29. The lowest BCUT2D eigenvalue weighted by Gasteiger charge is -2.26. The molecule has 0 saturated carbocycles. The predicted molar refractivity (Wildman–Crippen MR) is 86.7 cm³/mol. The second kappa shape index (κ2) is 8.49. The maximum Gasteiger partial charge on any atom is 0.120 e. The molecule has 2 nitrogen and oxygen atoms in total. The van der Waals surface area contributed by atoms with Gasteiger partial charge in [0.2, 0.25) is 0 Å². The topological polar surface area (TPSA) is 20.3 Å². The minimum Gasteiger partial charge on any atom is -0.303 e. The molecule has 1 aromatic carbocycles. The molecule has 0 radical (unpaired) electrons. The molecule has 0 heterocycles. The Kier molecular flexibility index (Phi) is 6.96. The van der Waals surface area contributed by atoms with Crippen molar-refractivity contribution in [3.05, 3.63) is 54.1 Å². The summed E-state index contributed by atoms with van der Waals surface area (Å²) in [5.74, 6) is 0. The van der Waals surface area contributed by atoms with Gasteiger partial charge in [0, 0.05) is 19.0 Å². The molecule has 0 amide bonds. The molecule has 2 heteroatoms. The maximum absolute atomic E-state index is 10.5. The van der Waals surface area contributed by atoms with E-state index < -0.39 is 0 Å². The van der Waals surface area contributed by atoms with E-state index >= 15 is 0 Å². The van der Waals surface area contributed by atoms with E-state index in [0.29, 0.717) is 6.42 Å². The van der Waals surface area contributed by atoms with E-state index in [9.17, 15) is 4.79 Å². The van der Waals surface area contributed by atoms with Gasteiger partial charge in [-0.15, -0.1) is 6.58 Å². The Bertz CT molecular complexity index is 464. The molecular formula is C18H25NO. The highest BCUT2D eigenvalue weighted by Crippen LogP contribution is 2.18. The SMILES string of the molecule is C=Cc1ccc(CC)cc1CN(C)C(C=C)CCC=O. The van der Waals surface area contributed by atoms with Gasteiger partial charge in [-0.25, -0.2) is 0 Å². The Balaban J connectivity index is 2.86. The van der Waals surface area contributed by atoms with E-state index in [1.54, 1.807) is 0 Å². The Morgan fingerprint density at radius 3 is 2.65 bits per heavy atom. The quantitative estimate of drug-likeness (QED) is 0.502. The van der Waals surface area contributed by atoms with Gasteiger partial charge >= 0.3 is 0 Å². The summed E-state index contributed by atoms with van der Waals surface area (Å²) in [7, 11) is 2.07. The van der Waals surface area contributed by atoms with Gasteiger partial charge in [0.1, 0.15) is 6.29 Å². The fourth-order valence-corrected chi connectivity index (χ4v) is 2.36. The first-order valence-electron chi connectivity index (χ1n) is 7.16. The van der Waals surface area contributed by atoms with Crippen molar-refractivity contribution in [1.82, 2.24) is 4.90 Å². The van der Waals surface area contributed by atoms with Crippen molar-refractivity contribution >= 4 is 12.4 Å². The molecule has 0 saturated heterocycles. The largest absolute Gasteiger partial charge is 0.303 e. The molecule has 0 bridgehead atoms. The monoisotopic (exact) mass is 271 g/mol. The third-order valence-corrected chi connectivity index (χ3v) is 3.67. The van der Waals surface area contributed by atoms with Crippen molar-refractivity contribution < 1.29 is 4.79 Å². The number of aldehydes is 1. The molecular weight excluding hydrogens is 246 g/mol. The van der Waals surface area contributed by atoms with Crippen LogP contribution in [-0.2, 0) is 17.8 Å². The summed E-state index contributed by atoms with van der Waals surface area (Å²) < 4.78 is 0. The summed E-state index contributed by atoms with van der Waals surface area (Å²) in [5.41, 5.74) is 3.79. The molecule has 0 aliphatic carbocycles. The summed E-state index contributed by atoms with van der Waals surface area (Å²) in [5, 5.41) is 0. The molecule has 20 heavy (non-hydrogen) atoms. The van der Waals surface area contributed by atoms with E-state index in [2.05, 4.69) is 50.2 Å². The zero-order valence-electron chi connectivity index (χ0n) is 12.6. The van der Waals surface area contributed by atoms with E-state index in [1.807, 2.05) is 12.2 Å². The predicted octanol–water partition coefficient (Wildman–Crippen LogP) is 3.86. The summed E-state index contributed by atoms with van der Waals surface area (Å²) in [6.07, 6.45) is 7.21. The van der Waals surface area contributed by atoms with Crippen LogP contribution >= 0.6 is 0 Å². The van der Waals surface area contributed by atoms with Gasteiger partial charge < -0.3 is 4.79 Å². The molecule has 108 valence electrons. The van der Waals surface area contributed by atoms with E-state index in [-0.39, 0.29) is 6.04 Å². The minimum atomic E-state index is 0.225. The van der Waals surface area contributed by atoms with E-state index in [0.717, 1.165) is 25.7 Å². The van der Waals surface area contributed by atoms with Crippen LogP contribution in [-0.4, -0.2) is 24.3 Å². The van der Waals surface area contributed by atoms with Crippen LogP contribution in [0.25, 0.3) is 6.08 Å². The van der Waals surface area contributed by atoms with Gasteiger partial charge in [-0.3, -0.25) is 4.90 Å². The first-order chi connectivity index (χ1) is 9.65. The summed E-state index contributed by atoms with van der Waals surface area (Å²) in [6, 6.07) is 6.75. The number of aryl methyl sites for hydroxylation is 1. The third kappa shape index (κ3) is 4.46. The Hall–Kier alpha value is -1.67. The Morgan fingerprint density at radius 2 is 2.10 bits per heavy atom. The Labute approximate surface area is 122 Å². The molecule has 1 rings (SSSR count). The second-order valence-corrected chi connectivity index (χ2v) is 5.05. The first kappa shape index (κ1) is 16.4. The number of carbonyl (C=O) groups excluding carboxylic acids is 1. The van der Waals surface area contributed by atoms with E-state index in [1.165, 1.54) is 16.7 Å². The number of rotatable bonds is 9. The normalized spacial score (nSPS) is 12.2. The lowest BCUT2D eigenvalue weighted by atomic mass is 10.0. The molecule has 0 aromatic heterocycles. The van der Waals surface area contributed by atoms with Crippen LogP contribution in [0.15, 0.2) is 37.4 Å². The van der Waals surface area contributed by atoms with Crippen molar-refractivity contribution in [3.63, 3.8) is 0 Å². The maximum atomic E-state index is 10.5. The number of carbonyl (C=O) groups is 1. The fourth-order valence-electron chi connectivity index (χ4n) is 2.36. The van der Waals surface area contributed by atoms with Gasteiger partial charge in [0.15, 0.2) is 0 Å². The molecule has 0 fully saturated rings. The van der Waals surface area contributed by atoms with Crippen LogP contribution in [0.5, 0.6) is 0 Å². The van der Waals surface area contributed by atoms with Gasteiger partial charge in [0.05, 0.1) is 0 Å². The number of nitrogens with zero attached hydrogens (tertiary/aromatic N) is 1. The number of likely N-dealkylation sites (N-methyl/N-ethyl adjacent to an activating group) is 1. The van der Waals surface area contributed by atoms with E-state index in [4.69, 9.17) is 0 Å². The fraction of sp³-hybridized carbons (Fsp3) is 0.389. The van der Waals surface area contributed by atoms with Crippen LogP contribution in [0.2, 0.25) is 0 Å². The van der Waals surface area contributed by atoms with Crippen molar-refractivity contribution in [2.24, 2.45) is 0 Å². The molecule has 1 unspecified atom stereocenters. The van der Waals surface area contributed by atoms with Crippen LogP contribution in [0.3, 0.4) is 0 Å². The van der Waals surface area contributed by atoms with Crippen molar-refractivity contribution in [2.75, 3.05) is 7.05 Å². The van der Waals surface area contributed by atoms with Gasteiger partial charge in [-0.1, -0.05) is 43.9 Å². The minimum absolute atomic E-state index is 0.225. The summed E-state index contributed by atoms with van der Waals surface area (Å²) >= 11 is 0. The average Bonchev–Trinajstić information content (AvgIpc) is 2.47. The smallest absolute Gasteiger partial charge is 0.120 e. The van der Waals surface area contributed by atoms with Gasteiger partial charge in [-0.2, -0.15) is 0 Å². The van der Waals surface area contributed by atoms with Crippen molar-refractivity contribution in [3.8, 4) is 0 Å². The summed E-state index contributed by atoms with van der Waals surface area (Å²) in [4.78, 5) is 12.8.